The van der Waals surface area contributed by atoms with E-state index in [0.29, 0.717) is 12.1 Å². The van der Waals surface area contributed by atoms with Gasteiger partial charge < -0.3 is 10.4 Å². The Labute approximate surface area is 158 Å². The molecule has 27 heavy (non-hydrogen) atoms. The number of hydrogen-bond acceptors (Lipinski definition) is 4. The standard InChI is InChI=1S/C19H22N2O5S/c1-3-8-17(19(23)24)20-18(22)14-9-7-12-16(13-14)27(25,26)21(2)15-10-5-4-6-11-15/h4-7,9-13,17H,3,8H2,1-2H3,(H,20,22)(H,23,24). The van der Waals surface area contributed by atoms with E-state index >= 15 is 0 Å². The maximum atomic E-state index is 12.8. The van der Waals surface area contributed by atoms with Crippen molar-refractivity contribution in [3.8, 4) is 0 Å². The Balaban J connectivity index is 2.28. The molecule has 2 rings (SSSR count). The highest BCUT2D eigenvalue weighted by Gasteiger charge is 2.24. The number of benzene rings is 2. The molecule has 0 aliphatic rings. The van der Waals surface area contributed by atoms with Gasteiger partial charge >= 0.3 is 5.97 Å². The fraction of sp³-hybridized carbons (Fsp3) is 0.263. The number of amides is 1. The zero-order chi connectivity index (χ0) is 20.0. The Bertz CT molecular complexity index is 913. The van der Waals surface area contributed by atoms with Crippen LogP contribution in [0.15, 0.2) is 59.5 Å². The minimum Gasteiger partial charge on any atom is -0.480 e. The summed E-state index contributed by atoms with van der Waals surface area (Å²) in [6, 6.07) is 13.1. The highest BCUT2D eigenvalue weighted by atomic mass is 32.2. The van der Waals surface area contributed by atoms with Crippen LogP contribution in [0.5, 0.6) is 0 Å². The second kappa shape index (κ2) is 8.68. The summed E-state index contributed by atoms with van der Waals surface area (Å²) in [5.41, 5.74) is 0.570. The molecule has 0 saturated carbocycles. The molecule has 8 heteroatoms. The van der Waals surface area contributed by atoms with Gasteiger partial charge in [0.1, 0.15) is 6.04 Å². The maximum Gasteiger partial charge on any atom is 0.326 e. The van der Waals surface area contributed by atoms with Crippen molar-refractivity contribution in [2.24, 2.45) is 0 Å². The van der Waals surface area contributed by atoms with Gasteiger partial charge in [-0.05, 0) is 36.8 Å². The number of aliphatic carboxylic acids is 1. The first-order chi connectivity index (χ1) is 12.8. The van der Waals surface area contributed by atoms with E-state index in [4.69, 9.17) is 5.11 Å². The van der Waals surface area contributed by atoms with Crippen LogP contribution in [-0.4, -0.2) is 38.5 Å². The average Bonchev–Trinajstić information content (AvgIpc) is 2.67. The number of carboxylic acids is 1. The van der Waals surface area contributed by atoms with E-state index in [1.165, 1.54) is 31.3 Å². The molecule has 144 valence electrons. The van der Waals surface area contributed by atoms with Crippen molar-refractivity contribution in [3.05, 3.63) is 60.2 Å². The van der Waals surface area contributed by atoms with Gasteiger partial charge in [-0.15, -0.1) is 0 Å². The van der Waals surface area contributed by atoms with Crippen LogP contribution in [0.3, 0.4) is 0 Å². The summed E-state index contributed by atoms with van der Waals surface area (Å²) in [4.78, 5) is 23.5. The Kier molecular flexibility index (Phi) is 6.57. The lowest BCUT2D eigenvalue weighted by molar-refractivity contribution is -0.139. The lowest BCUT2D eigenvalue weighted by Crippen LogP contribution is -2.40. The molecule has 0 aliphatic carbocycles. The number of para-hydroxylation sites is 1. The van der Waals surface area contributed by atoms with E-state index in [9.17, 15) is 18.0 Å². The Morgan fingerprint density at radius 2 is 1.78 bits per heavy atom. The number of carboxylic acid groups (broad SMARTS) is 1. The summed E-state index contributed by atoms with van der Waals surface area (Å²) >= 11 is 0. The number of hydrogen-bond donors (Lipinski definition) is 2. The number of nitrogens with zero attached hydrogens (tertiary/aromatic N) is 1. The van der Waals surface area contributed by atoms with Crippen LogP contribution >= 0.6 is 0 Å². The molecule has 0 aliphatic heterocycles. The van der Waals surface area contributed by atoms with Gasteiger partial charge in [0.05, 0.1) is 10.6 Å². The molecule has 0 fully saturated rings. The third-order valence-corrected chi connectivity index (χ3v) is 5.84. The van der Waals surface area contributed by atoms with Crippen LogP contribution in [0.25, 0.3) is 0 Å². The number of carbonyl (C=O) groups excluding carboxylic acids is 1. The Hall–Kier alpha value is -2.87. The van der Waals surface area contributed by atoms with E-state index in [2.05, 4.69) is 5.32 Å². The Morgan fingerprint density at radius 1 is 1.11 bits per heavy atom. The second-order valence-electron chi connectivity index (χ2n) is 5.99. The SMILES string of the molecule is CCCC(NC(=O)c1cccc(S(=O)(=O)N(C)c2ccccc2)c1)C(=O)O. The molecule has 2 aromatic carbocycles. The normalized spacial score (nSPS) is 12.2. The highest BCUT2D eigenvalue weighted by Crippen LogP contribution is 2.22. The summed E-state index contributed by atoms with van der Waals surface area (Å²) in [5, 5.41) is 11.6. The molecular weight excluding hydrogens is 368 g/mol. The van der Waals surface area contributed by atoms with Gasteiger partial charge in [-0.3, -0.25) is 9.10 Å². The van der Waals surface area contributed by atoms with Crippen LogP contribution in [-0.2, 0) is 14.8 Å². The molecular formula is C19H22N2O5S. The van der Waals surface area contributed by atoms with Gasteiger partial charge in [0.25, 0.3) is 15.9 Å². The molecule has 2 N–H and O–H groups in total. The first-order valence-corrected chi connectivity index (χ1v) is 9.89. The fourth-order valence-electron chi connectivity index (χ4n) is 2.52. The number of nitrogens with one attached hydrogen (secondary N) is 1. The van der Waals surface area contributed by atoms with Gasteiger partial charge in [0, 0.05) is 12.6 Å². The molecule has 1 unspecified atom stereocenters. The van der Waals surface area contributed by atoms with E-state index < -0.39 is 27.9 Å². The second-order valence-corrected chi connectivity index (χ2v) is 7.96. The fourth-order valence-corrected chi connectivity index (χ4v) is 3.76. The summed E-state index contributed by atoms with van der Waals surface area (Å²) in [6.07, 6.45) is 0.878. The molecule has 0 heterocycles. The summed E-state index contributed by atoms with van der Waals surface area (Å²) in [5.74, 6) is -1.76. The van der Waals surface area contributed by atoms with Crippen molar-refractivity contribution in [1.82, 2.24) is 5.32 Å². The monoisotopic (exact) mass is 390 g/mol. The van der Waals surface area contributed by atoms with Crippen molar-refractivity contribution in [2.45, 2.75) is 30.7 Å². The van der Waals surface area contributed by atoms with E-state index in [1.54, 1.807) is 30.3 Å². The van der Waals surface area contributed by atoms with Gasteiger partial charge in [0.15, 0.2) is 0 Å². The first-order valence-electron chi connectivity index (χ1n) is 8.45. The van der Waals surface area contributed by atoms with Crippen molar-refractivity contribution in [3.63, 3.8) is 0 Å². The predicted molar refractivity (Wildman–Crippen MR) is 102 cm³/mol. The van der Waals surface area contributed by atoms with Gasteiger partial charge in [-0.25, -0.2) is 13.2 Å². The van der Waals surface area contributed by atoms with Crippen LogP contribution in [0, 0.1) is 0 Å². The third kappa shape index (κ3) is 4.85. The number of anilines is 1. The average molecular weight is 390 g/mol. The van der Waals surface area contributed by atoms with Crippen LogP contribution in [0.4, 0.5) is 5.69 Å². The smallest absolute Gasteiger partial charge is 0.326 e. The number of rotatable bonds is 8. The lowest BCUT2D eigenvalue weighted by Gasteiger charge is -2.20. The predicted octanol–water partition coefficient (Wildman–Crippen LogP) is 2.49. The topological polar surface area (TPSA) is 104 Å². The Morgan fingerprint density at radius 3 is 2.37 bits per heavy atom. The van der Waals surface area contributed by atoms with Crippen molar-refractivity contribution < 1.29 is 23.1 Å². The lowest BCUT2D eigenvalue weighted by atomic mass is 10.1. The molecule has 0 spiro atoms. The molecule has 0 aromatic heterocycles. The van der Waals surface area contributed by atoms with E-state index in [-0.39, 0.29) is 16.9 Å². The van der Waals surface area contributed by atoms with Crippen LogP contribution in [0.2, 0.25) is 0 Å². The third-order valence-electron chi connectivity index (χ3n) is 4.06. The zero-order valence-electron chi connectivity index (χ0n) is 15.1. The van der Waals surface area contributed by atoms with Crippen molar-refractivity contribution in [2.75, 3.05) is 11.4 Å². The molecule has 2 aromatic rings. The molecule has 0 bridgehead atoms. The highest BCUT2D eigenvalue weighted by molar-refractivity contribution is 7.92. The van der Waals surface area contributed by atoms with Crippen LogP contribution in [0.1, 0.15) is 30.1 Å². The molecule has 7 nitrogen and oxygen atoms in total. The molecule has 1 amide bonds. The molecule has 0 saturated heterocycles. The van der Waals surface area contributed by atoms with E-state index in [1.807, 2.05) is 6.92 Å². The van der Waals surface area contributed by atoms with Gasteiger partial charge in [0.2, 0.25) is 0 Å². The number of sulfonamides is 1. The maximum absolute atomic E-state index is 12.8. The van der Waals surface area contributed by atoms with Crippen molar-refractivity contribution >= 4 is 27.6 Å². The van der Waals surface area contributed by atoms with Gasteiger partial charge in [-0.1, -0.05) is 37.6 Å². The quantitative estimate of drug-likeness (QED) is 0.721. The van der Waals surface area contributed by atoms with Crippen molar-refractivity contribution in [1.29, 1.82) is 0 Å². The zero-order valence-corrected chi connectivity index (χ0v) is 15.9. The summed E-state index contributed by atoms with van der Waals surface area (Å²) in [6.45, 7) is 1.81. The summed E-state index contributed by atoms with van der Waals surface area (Å²) in [7, 11) is -2.44. The first kappa shape index (κ1) is 20.4. The molecule has 1 atom stereocenters. The van der Waals surface area contributed by atoms with Gasteiger partial charge in [-0.2, -0.15) is 0 Å². The minimum absolute atomic E-state index is 0.0520. The number of carbonyl (C=O) groups is 2. The van der Waals surface area contributed by atoms with E-state index in [0.717, 1.165) is 4.31 Å². The molecule has 0 radical (unpaired) electrons. The minimum atomic E-state index is -3.87. The summed E-state index contributed by atoms with van der Waals surface area (Å²) < 4.78 is 26.8. The largest absolute Gasteiger partial charge is 0.480 e. The van der Waals surface area contributed by atoms with Crippen LogP contribution < -0.4 is 9.62 Å².